The molecule has 0 bridgehead atoms. The molecule has 0 saturated heterocycles. The van der Waals surface area contributed by atoms with Crippen LogP contribution in [0.1, 0.15) is 43.0 Å². The van der Waals surface area contributed by atoms with Gasteiger partial charge in [0, 0.05) is 6.04 Å². The van der Waals surface area contributed by atoms with Crippen molar-refractivity contribution in [3.63, 3.8) is 0 Å². The van der Waals surface area contributed by atoms with Crippen molar-refractivity contribution in [2.45, 2.75) is 40.2 Å². The highest BCUT2D eigenvalue weighted by Gasteiger charge is 2.13. The fourth-order valence-corrected chi connectivity index (χ4v) is 2.04. The smallest absolute Gasteiger partial charge is 0.0360 e. The minimum absolute atomic E-state index is 0.405. The van der Waals surface area contributed by atoms with Gasteiger partial charge in [0.15, 0.2) is 0 Å². The number of hydrogen-bond donors (Lipinski definition) is 1. The highest BCUT2D eigenvalue weighted by molar-refractivity contribution is 5.35. The zero-order chi connectivity index (χ0) is 12.1. The van der Waals surface area contributed by atoms with Crippen LogP contribution in [0.4, 0.5) is 0 Å². The summed E-state index contributed by atoms with van der Waals surface area (Å²) in [5.41, 5.74) is 5.40. The van der Waals surface area contributed by atoms with Gasteiger partial charge in [0.2, 0.25) is 0 Å². The van der Waals surface area contributed by atoms with Crippen molar-refractivity contribution in [2.75, 3.05) is 6.54 Å². The lowest BCUT2D eigenvalue weighted by Crippen LogP contribution is -2.22. The van der Waals surface area contributed by atoms with E-state index in [4.69, 9.17) is 0 Å². The second-order valence-electron chi connectivity index (χ2n) is 4.56. The Morgan fingerprint density at radius 3 is 2.62 bits per heavy atom. The van der Waals surface area contributed by atoms with Gasteiger partial charge in [-0.15, -0.1) is 6.58 Å². The van der Waals surface area contributed by atoms with Gasteiger partial charge in [-0.2, -0.15) is 0 Å². The van der Waals surface area contributed by atoms with Gasteiger partial charge in [0.25, 0.3) is 0 Å². The first-order chi connectivity index (χ1) is 7.56. The monoisotopic (exact) mass is 217 g/mol. The van der Waals surface area contributed by atoms with E-state index in [1.165, 1.54) is 22.3 Å². The zero-order valence-corrected chi connectivity index (χ0v) is 10.9. The van der Waals surface area contributed by atoms with Crippen LogP contribution in [-0.2, 0) is 0 Å². The molecule has 0 spiro atoms. The molecule has 0 aliphatic heterocycles. The molecule has 0 aliphatic rings. The summed E-state index contributed by atoms with van der Waals surface area (Å²) in [7, 11) is 0. The molecule has 1 nitrogen and oxygen atoms in total. The molecule has 0 fully saturated rings. The number of benzene rings is 1. The van der Waals surface area contributed by atoms with Crippen LogP contribution in [0.2, 0.25) is 0 Å². The lowest BCUT2D eigenvalue weighted by atomic mass is 9.94. The van der Waals surface area contributed by atoms with E-state index in [9.17, 15) is 0 Å². The molecule has 1 aromatic rings. The average Bonchev–Trinajstić information content (AvgIpc) is 2.21. The topological polar surface area (TPSA) is 12.0 Å². The molecule has 0 amide bonds. The SMILES string of the molecule is C=C(C)CC(NCC)c1cccc(C)c1C. The molecule has 1 heteroatoms. The quantitative estimate of drug-likeness (QED) is 0.737. The molecular formula is C15H23N. The van der Waals surface area contributed by atoms with Crippen molar-refractivity contribution < 1.29 is 0 Å². The minimum Gasteiger partial charge on any atom is -0.310 e. The van der Waals surface area contributed by atoms with E-state index >= 15 is 0 Å². The maximum absolute atomic E-state index is 4.01. The van der Waals surface area contributed by atoms with E-state index < -0.39 is 0 Å². The third kappa shape index (κ3) is 3.21. The molecule has 1 atom stereocenters. The molecule has 0 radical (unpaired) electrons. The molecule has 1 aromatic carbocycles. The Labute approximate surface area is 99.6 Å². The van der Waals surface area contributed by atoms with Crippen LogP contribution >= 0.6 is 0 Å². The third-order valence-electron chi connectivity index (χ3n) is 3.03. The molecule has 0 saturated carbocycles. The fraction of sp³-hybridized carbons (Fsp3) is 0.467. The summed E-state index contributed by atoms with van der Waals surface area (Å²) >= 11 is 0. The standard InChI is InChI=1S/C15H23N/c1-6-16-15(10-11(2)3)14-9-7-8-12(4)13(14)5/h7-9,15-16H,2,6,10H2,1,3-5H3. The Hall–Kier alpha value is -1.08. The summed E-state index contributed by atoms with van der Waals surface area (Å²) in [5.74, 6) is 0. The van der Waals surface area contributed by atoms with Gasteiger partial charge in [0.1, 0.15) is 0 Å². The third-order valence-corrected chi connectivity index (χ3v) is 3.03. The predicted molar refractivity (Wildman–Crippen MR) is 71.8 cm³/mol. The van der Waals surface area contributed by atoms with Crippen molar-refractivity contribution in [3.8, 4) is 0 Å². The first kappa shape index (κ1) is 13.0. The Morgan fingerprint density at radius 1 is 1.38 bits per heavy atom. The molecule has 0 aliphatic carbocycles. The van der Waals surface area contributed by atoms with E-state index in [0.717, 1.165) is 13.0 Å². The summed E-state index contributed by atoms with van der Waals surface area (Å²) in [6, 6.07) is 6.93. The van der Waals surface area contributed by atoms with E-state index in [1.807, 2.05) is 0 Å². The maximum atomic E-state index is 4.01. The van der Waals surface area contributed by atoms with E-state index in [2.05, 4.69) is 57.8 Å². The van der Waals surface area contributed by atoms with Crippen LogP contribution in [0.3, 0.4) is 0 Å². The molecule has 1 unspecified atom stereocenters. The molecule has 16 heavy (non-hydrogen) atoms. The molecule has 1 rings (SSSR count). The molecule has 1 N–H and O–H groups in total. The Bertz CT molecular complexity index is 366. The van der Waals surface area contributed by atoms with Gasteiger partial charge >= 0.3 is 0 Å². The number of nitrogens with one attached hydrogen (secondary N) is 1. The van der Waals surface area contributed by atoms with Gasteiger partial charge in [-0.05, 0) is 50.4 Å². The van der Waals surface area contributed by atoms with Crippen molar-refractivity contribution in [2.24, 2.45) is 0 Å². The summed E-state index contributed by atoms with van der Waals surface area (Å²) in [6.07, 6.45) is 1.01. The number of rotatable bonds is 5. The maximum Gasteiger partial charge on any atom is 0.0360 e. The summed E-state index contributed by atoms with van der Waals surface area (Å²) in [5, 5.41) is 3.54. The van der Waals surface area contributed by atoms with Gasteiger partial charge in [0.05, 0.1) is 0 Å². The van der Waals surface area contributed by atoms with Crippen LogP contribution in [0.5, 0.6) is 0 Å². The molecule has 88 valence electrons. The van der Waals surface area contributed by atoms with E-state index in [-0.39, 0.29) is 0 Å². The first-order valence-corrected chi connectivity index (χ1v) is 6.00. The van der Waals surface area contributed by atoms with Crippen molar-refractivity contribution >= 4 is 0 Å². The highest BCUT2D eigenvalue weighted by Crippen LogP contribution is 2.25. The Balaban J connectivity index is 3.00. The van der Waals surface area contributed by atoms with E-state index in [1.54, 1.807) is 0 Å². The lowest BCUT2D eigenvalue weighted by Gasteiger charge is -2.21. The fourth-order valence-electron chi connectivity index (χ4n) is 2.04. The van der Waals surface area contributed by atoms with Crippen molar-refractivity contribution in [1.82, 2.24) is 5.32 Å². The first-order valence-electron chi connectivity index (χ1n) is 6.00. The summed E-state index contributed by atoms with van der Waals surface area (Å²) in [6.45, 7) is 13.6. The molecule has 0 aromatic heterocycles. The number of aryl methyl sites for hydroxylation is 1. The molecule has 0 heterocycles. The van der Waals surface area contributed by atoms with Crippen LogP contribution in [-0.4, -0.2) is 6.54 Å². The van der Waals surface area contributed by atoms with Crippen LogP contribution < -0.4 is 5.32 Å². The zero-order valence-electron chi connectivity index (χ0n) is 10.9. The van der Waals surface area contributed by atoms with Crippen LogP contribution in [0.15, 0.2) is 30.4 Å². The van der Waals surface area contributed by atoms with Gasteiger partial charge in [-0.1, -0.05) is 30.7 Å². The lowest BCUT2D eigenvalue weighted by molar-refractivity contribution is 0.545. The summed E-state index contributed by atoms with van der Waals surface area (Å²) < 4.78 is 0. The predicted octanol–water partition coefficient (Wildman–Crippen LogP) is 3.92. The van der Waals surface area contributed by atoms with Crippen molar-refractivity contribution in [3.05, 3.63) is 47.0 Å². The summed E-state index contributed by atoms with van der Waals surface area (Å²) in [4.78, 5) is 0. The van der Waals surface area contributed by atoms with Crippen LogP contribution in [0.25, 0.3) is 0 Å². The largest absolute Gasteiger partial charge is 0.310 e. The van der Waals surface area contributed by atoms with Gasteiger partial charge in [-0.25, -0.2) is 0 Å². The number of hydrogen-bond acceptors (Lipinski definition) is 1. The normalized spacial score (nSPS) is 12.5. The highest BCUT2D eigenvalue weighted by atomic mass is 14.9. The van der Waals surface area contributed by atoms with E-state index in [0.29, 0.717) is 6.04 Å². The second kappa shape index (κ2) is 5.86. The van der Waals surface area contributed by atoms with Gasteiger partial charge in [-0.3, -0.25) is 0 Å². The molecular weight excluding hydrogens is 194 g/mol. The average molecular weight is 217 g/mol. The Kier molecular flexibility index (Phi) is 4.75. The minimum atomic E-state index is 0.405. The van der Waals surface area contributed by atoms with Crippen LogP contribution in [0, 0.1) is 13.8 Å². The second-order valence-corrected chi connectivity index (χ2v) is 4.56. The van der Waals surface area contributed by atoms with Gasteiger partial charge < -0.3 is 5.32 Å². The Morgan fingerprint density at radius 2 is 2.06 bits per heavy atom. The van der Waals surface area contributed by atoms with Crippen molar-refractivity contribution in [1.29, 1.82) is 0 Å².